The molecule has 7 heteroatoms. The molecule has 7 nitrogen and oxygen atoms in total. The summed E-state index contributed by atoms with van der Waals surface area (Å²) in [6.45, 7) is 1.66. The van der Waals surface area contributed by atoms with Crippen molar-refractivity contribution in [1.29, 1.82) is 0 Å². The second kappa shape index (κ2) is 4.91. The van der Waals surface area contributed by atoms with E-state index in [2.05, 4.69) is 10.3 Å². The summed E-state index contributed by atoms with van der Waals surface area (Å²) in [4.78, 5) is 27.9. The van der Waals surface area contributed by atoms with Crippen molar-refractivity contribution >= 4 is 23.4 Å². The number of nitrogens with one attached hydrogen (secondary N) is 1. The lowest BCUT2D eigenvalue weighted by molar-refractivity contribution is -0.120. The molecule has 0 aromatic carbocycles. The van der Waals surface area contributed by atoms with Gasteiger partial charge in [-0.25, -0.2) is 9.78 Å². The fourth-order valence-electron chi connectivity index (χ4n) is 1.83. The maximum atomic E-state index is 11.2. The van der Waals surface area contributed by atoms with E-state index in [4.69, 9.17) is 10.8 Å². The molecule has 2 heterocycles. The minimum absolute atomic E-state index is 0.00164. The highest BCUT2D eigenvalue weighted by Gasteiger charge is 2.17. The van der Waals surface area contributed by atoms with E-state index in [1.165, 1.54) is 12.3 Å². The molecule has 1 aromatic heterocycles. The Morgan fingerprint density at radius 1 is 1.50 bits per heavy atom. The number of hydrogen-bond donors (Lipinski definition) is 3. The van der Waals surface area contributed by atoms with Crippen LogP contribution in [0.3, 0.4) is 0 Å². The molecule has 1 aromatic rings. The van der Waals surface area contributed by atoms with Crippen molar-refractivity contribution < 1.29 is 14.7 Å². The van der Waals surface area contributed by atoms with Gasteiger partial charge >= 0.3 is 5.97 Å². The Morgan fingerprint density at radius 2 is 2.28 bits per heavy atom. The normalized spacial score (nSPS) is 16.0. The van der Waals surface area contributed by atoms with Crippen molar-refractivity contribution in [2.45, 2.75) is 6.42 Å². The van der Waals surface area contributed by atoms with Gasteiger partial charge in [-0.05, 0) is 6.07 Å². The van der Waals surface area contributed by atoms with Crippen molar-refractivity contribution in [3.63, 3.8) is 0 Å². The van der Waals surface area contributed by atoms with E-state index < -0.39 is 5.97 Å². The molecular formula is C11H14N4O3. The quantitative estimate of drug-likeness (QED) is 0.664. The van der Waals surface area contributed by atoms with Crippen molar-refractivity contribution in [2.75, 3.05) is 30.3 Å². The smallest absolute Gasteiger partial charge is 0.337 e. The SMILES string of the molecule is Nc1cc(C(=O)O)cnc1N1CCNC(=O)CC1. The lowest BCUT2D eigenvalue weighted by Gasteiger charge is -2.22. The van der Waals surface area contributed by atoms with Crippen LogP contribution in [-0.4, -0.2) is 41.6 Å². The molecule has 18 heavy (non-hydrogen) atoms. The maximum Gasteiger partial charge on any atom is 0.337 e. The van der Waals surface area contributed by atoms with Crippen LogP contribution in [0.4, 0.5) is 11.5 Å². The zero-order valence-corrected chi connectivity index (χ0v) is 9.72. The Balaban J connectivity index is 2.22. The third-order valence-corrected chi connectivity index (χ3v) is 2.75. The van der Waals surface area contributed by atoms with Crippen LogP contribution < -0.4 is 16.0 Å². The Hall–Kier alpha value is -2.31. The number of rotatable bonds is 2. The van der Waals surface area contributed by atoms with E-state index in [-0.39, 0.29) is 11.5 Å². The molecule has 0 unspecified atom stereocenters. The number of carbonyl (C=O) groups excluding carboxylic acids is 1. The molecule has 0 atom stereocenters. The molecule has 1 amide bonds. The Labute approximate surface area is 104 Å². The number of nitrogens with zero attached hydrogens (tertiary/aromatic N) is 2. The molecule has 1 aliphatic heterocycles. The van der Waals surface area contributed by atoms with Crippen molar-refractivity contribution in [2.24, 2.45) is 0 Å². The monoisotopic (exact) mass is 250 g/mol. The lowest BCUT2D eigenvalue weighted by Crippen LogP contribution is -2.29. The topological polar surface area (TPSA) is 109 Å². The van der Waals surface area contributed by atoms with Gasteiger partial charge < -0.3 is 21.1 Å². The van der Waals surface area contributed by atoms with E-state index in [9.17, 15) is 9.59 Å². The van der Waals surface area contributed by atoms with E-state index >= 15 is 0 Å². The zero-order chi connectivity index (χ0) is 13.1. The van der Waals surface area contributed by atoms with Gasteiger partial charge in [-0.1, -0.05) is 0 Å². The summed E-state index contributed by atoms with van der Waals surface area (Å²) in [5.41, 5.74) is 6.17. The van der Waals surface area contributed by atoms with Crippen molar-refractivity contribution in [1.82, 2.24) is 10.3 Å². The molecule has 1 saturated heterocycles. The van der Waals surface area contributed by atoms with Crippen molar-refractivity contribution in [3.05, 3.63) is 17.8 Å². The first kappa shape index (κ1) is 12.2. The number of aromatic nitrogens is 1. The number of aromatic carboxylic acids is 1. The summed E-state index contributed by atoms with van der Waals surface area (Å²) in [7, 11) is 0. The minimum atomic E-state index is -1.06. The lowest BCUT2D eigenvalue weighted by atomic mass is 10.2. The summed E-state index contributed by atoms with van der Waals surface area (Å²) in [6.07, 6.45) is 1.65. The highest BCUT2D eigenvalue weighted by Crippen LogP contribution is 2.21. The molecule has 96 valence electrons. The van der Waals surface area contributed by atoms with Crippen molar-refractivity contribution in [3.8, 4) is 0 Å². The van der Waals surface area contributed by atoms with Gasteiger partial charge in [0.05, 0.1) is 11.3 Å². The first-order chi connectivity index (χ1) is 8.58. The largest absolute Gasteiger partial charge is 0.478 e. The molecule has 2 rings (SSSR count). The summed E-state index contributed by atoms with van der Waals surface area (Å²) in [5.74, 6) is -0.539. The second-order valence-corrected chi connectivity index (χ2v) is 4.03. The predicted octanol–water partition coefficient (Wildman–Crippen LogP) is -0.312. The van der Waals surface area contributed by atoms with E-state index in [0.717, 1.165) is 0 Å². The Kier molecular flexibility index (Phi) is 3.31. The number of amides is 1. The molecule has 0 aliphatic carbocycles. The molecule has 0 spiro atoms. The van der Waals surface area contributed by atoms with Crippen LogP contribution in [0.1, 0.15) is 16.8 Å². The number of pyridine rings is 1. The maximum absolute atomic E-state index is 11.2. The standard InChI is InChI=1S/C11H14N4O3/c12-8-5-7(11(17)18)6-14-10(8)15-3-1-9(16)13-2-4-15/h5-6H,1-4,12H2,(H,13,16)(H,17,18). The molecular weight excluding hydrogens is 236 g/mol. The minimum Gasteiger partial charge on any atom is -0.478 e. The fourth-order valence-corrected chi connectivity index (χ4v) is 1.83. The van der Waals surface area contributed by atoms with E-state index in [0.29, 0.717) is 37.6 Å². The molecule has 0 radical (unpaired) electrons. The Morgan fingerprint density at radius 3 is 2.94 bits per heavy atom. The Bertz CT molecular complexity index is 489. The van der Waals surface area contributed by atoms with Gasteiger partial charge in [0.15, 0.2) is 5.82 Å². The summed E-state index contributed by atoms with van der Waals surface area (Å²) in [6, 6.07) is 1.38. The molecule has 4 N–H and O–H groups in total. The third-order valence-electron chi connectivity index (χ3n) is 2.75. The summed E-state index contributed by atoms with van der Waals surface area (Å²) >= 11 is 0. The van der Waals surface area contributed by atoms with Gasteiger partial charge in [-0.3, -0.25) is 4.79 Å². The average molecular weight is 250 g/mol. The van der Waals surface area contributed by atoms with Gasteiger partial charge in [-0.15, -0.1) is 0 Å². The van der Waals surface area contributed by atoms with Gasteiger partial charge in [-0.2, -0.15) is 0 Å². The van der Waals surface area contributed by atoms with Gasteiger partial charge in [0, 0.05) is 32.3 Å². The van der Waals surface area contributed by atoms with Crippen LogP contribution in [0.2, 0.25) is 0 Å². The number of hydrogen-bond acceptors (Lipinski definition) is 5. The number of carboxylic acid groups (broad SMARTS) is 1. The number of carboxylic acids is 1. The number of carbonyl (C=O) groups is 2. The van der Waals surface area contributed by atoms with E-state index in [1.54, 1.807) is 0 Å². The number of anilines is 2. The fraction of sp³-hybridized carbons (Fsp3) is 0.364. The number of nitrogen functional groups attached to an aromatic ring is 1. The van der Waals surface area contributed by atoms with Crippen LogP contribution in [0.5, 0.6) is 0 Å². The van der Waals surface area contributed by atoms with Crippen LogP contribution in [0.15, 0.2) is 12.3 Å². The first-order valence-electron chi connectivity index (χ1n) is 5.58. The van der Waals surface area contributed by atoms with Gasteiger partial charge in [0.25, 0.3) is 0 Å². The van der Waals surface area contributed by atoms with Crippen LogP contribution >= 0.6 is 0 Å². The molecule has 1 fully saturated rings. The average Bonchev–Trinajstić information content (AvgIpc) is 2.54. The highest BCUT2D eigenvalue weighted by molar-refractivity contribution is 5.89. The van der Waals surface area contributed by atoms with Gasteiger partial charge in [0.2, 0.25) is 5.91 Å². The van der Waals surface area contributed by atoms with Gasteiger partial charge in [0.1, 0.15) is 0 Å². The van der Waals surface area contributed by atoms with Crippen LogP contribution in [0, 0.1) is 0 Å². The molecule has 0 saturated carbocycles. The van der Waals surface area contributed by atoms with Crippen LogP contribution in [-0.2, 0) is 4.79 Å². The molecule has 0 bridgehead atoms. The molecule has 1 aliphatic rings. The van der Waals surface area contributed by atoms with Crippen LogP contribution in [0.25, 0.3) is 0 Å². The highest BCUT2D eigenvalue weighted by atomic mass is 16.4. The zero-order valence-electron chi connectivity index (χ0n) is 9.72. The summed E-state index contributed by atoms with van der Waals surface area (Å²) < 4.78 is 0. The second-order valence-electron chi connectivity index (χ2n) is 4.03. The third kappa shape index (κ3) is 2.50. The van der Waals surface area contributed by atoms with E-state index in [1.807, 2.05) is 4.90 Å². The number of nitrogens with two attached hydrogens (primary N) is 1. The summed E-state index contributed by atoms with van der Waals surface area (Å²) in [5, 5.41) is 11.6. The predicted molar refractivity (Wildman–Crippen MR) is 65.4 cm³/mol. The first-order valence-corrected chi connectivity index (χ1v) is 5.58.